The molecule has 0 saturated heterocycles. The van der Waals surface area contributed by atoms with Gasteiger partial charge in [0, 0.05) is 15.9 Å². The number of rotatable bonds is 4. The van der Waals surface area contributed by atoms with Gasteiger partial charge in [0.15, 0.2) is 7.14 Å². The SMILES string of the molecule is O=P(C1=C(c2ccccc2)c2ccccc2CC1)(c1ccccc1)c1ccccc1. The van der Waals surface area contributed by atoms with E-state index in [1.54, 1.807) is 0 Å². The predicted octanol–water partition coefficient (Wildman–Crippen LogP) is 6.41. The molecule has 0 saturated carbocycles. The third-order valence-corrected chi connectivity index (χ3v) is 9.15. The summed E-state index contributed by atoms with van der Waals surface area (Å²) in [5, 5.41) is 2.86. The summed E-state index contributed by atoms with van der Waals surface area (Å²) >= 11 is 0. The lowest BCUT2D eigenvalue weighted by atomic mass is 9.87. The molecule has 2 heteroatoms. The van der Waals surface area contributed by atoms with Crippen LogP contribution in [-0.2, 0) is 11.0 Å². The Morgan fingerprint density at radius 3 is 1.63 bits per heavy atom. The van der Waals surface area contributed by atoms with Gasteiger partial charge in [0.2, 0.25) is 0 Å². The summed E-state index contributed by atoms with van der Waals surface area (Å²) in [6.07, 6.45) is 1.70. The van der Waals surface area contributed by atoms with E-state index in [9.17, 15) is 0 Å². The molecule has 146 valence electrons. The van der Waals surface area contributed by atoms with Crippen molar-refractivity contribution in [3.8, 4) is 0 Å². The molecule has 0 atom stereocenters. The smallest absolute Gasteiger partial charge is 0.167 e. The van der Waals surface area contributed by atoms with Gasteiger partial charge in [0.25, 0.3) is 0 Å². The first-order chi connectivity index (χ1) is 14.8. The van der Waals surface area contributed by atoms with Crippen molar-refractivity contribution < 1.29 is 4.57 Å². The molecule has 0 heterocycles. The topological polar surface area (TPSA) is 17.1 Å². The number of fused-ring (bicyclic) bond motifs is 1. The standard InChI is InChI=1S/C28H23OP/c29-30(24-15-6-2-7-16-24,25-17-8-3-9-18-25)27-21-20-22-12-10-11-19-26(22)28(27)23-13-4-1-5-14-23/h1-19H,20-21H2. The van der Waals surface area contributed by atoms with Crippen molar-refractivity contribution in [3.05, 3.63) is 137 Å². The van der Waals surface area contributed by atoms with Crippen LogP contribution in [0, 0.1) is 0 Å². The third kappa shape index (κ3) is 3.16. The summed E-state index contributed by atoms with van der Waals surface area (Å²) < 4.78 is 15.1. The maximum Gasteiger partial charge on any atom is 0.167 e. The summed E-state index contributed by atoms with van der Waals surface area (Å²) in [6, 6.07) is 39.0. The quantitative estimate of drug-likeness (QED) is 0.358. The molecule has 5 rings (SSSR count). The number of allylic oxidation sites excluding steroid dienone is 1. The van der Waals surface area contributed by atoms with Gasteiger partial charge in [-0.15, -0.1) is 0 Å². The Hall–Kier alpha value is -3.15. The highest BCUT2D eigenvalue weighted by Crippen LogP contribution is 2.58. The highest BCUT2D eigenvalue weighted by molar-refractivity contribution is 7.82. The number of hydrogen-bond donors (Lipinski definition) is 0. The number of benzene rings is 4. The van der Waals surface area contributed by atoms with Crippen molar-refractivity contribution in [2.45, 2.75) is 12.8 Å². The fourth-order valence-corrected chi connectivity index (χ4v) is 7.59. The van der Waals surface area contributed by atoms with Crippen molar-refractivity contribution in [2.75, 3.05) is 0 Å². The molecule has 0 spiro atoms. The molecule has 4 aromatic carbocycles. The minimum absolute atomic E-state index is 0.794. The van der Waals surface area contributed by atoms with E-state index in [4.69, 9.17) is 0 Å². The van der Waals surface area contributed by atoms with Gasteiger partial charge in [-0.05, 0) is 35.1 Å². The zero-order valence-corrected chi connectivity index (χ0v) is 17.6. The molecule has 30 heavy (non-hydrogen) atoms. The molecule has 0 N–H and O–H groups in total. The molecule has 0 amide bonds. The van der Waals surface area contributed by atoms with Crippen molar-refractivity contribution in [1.82, 2.24) is 0 Å². The Bertz CT molecular complexity index is 1200. The van der Waals surface area contributed by atoms with Crippen molar-refractivity contribution in [3.63, 3.8) is 0 Å². The van der Waals surface area contributed by atoms with Gasteiger partial charge >= 0.3 is 0 Å². The van der Waals surface area contributed by atoms with E-state index < -0.39 is 7.14 Å². The summed E-state index contributed by atoms with van der Waals surface area (Å²) in [5.74, 6) is 0. The van der Waals surface area contributed by atoms with Crippen LogP contribution in [-0.4, -0.2) is 0 Å². The molecule has 1 nitrogen and oxygen atoms in total. The van der Waals surface area contributed by atoms with E-state index in [2.05, 4.69) is 48.5 Å². The van der Waals surface area contributed by atoms with Crippen LogP contribution < -0.4 is 10.6 Å². The van der Waals surface area contributed by atoms with Gasteiger partial charge in [0.1, 0.15) is 0 Å². The zero-order valence-electron chi connectivity index (χ0n) is 16.7. The van der Waals surface area contributed by atoms with Crippen LogP contribution in [0.4, 0.5) is 0 Å². The fourth-order valence-electron chi connectivity index (χ4n) is 4.49. The second-order valence-electron chi connectivity index (χ2n) is 7.63. The van der Waals surface area contributed by atoms with Crippen LogP contribution in [0.3, 0.4) is 0 Å². The lowest BCUT2D eigenvalue weighted by Crippen LogP contribution is -2.20. The van der Waals surface area contributed by atoms with Crippen LogP contribution in [0.2, 0.25) is 0 Å². The molecule has 1 aliphatic rings. The molecule has 0 bridgehead atoms. The summed E-state index contributed by atoms with van der Waals surface area (Å²) in [4.78, 5) is 0. The highest BCUT2D eigenvalue weighted by Gasteiger charge is 2.36. The normalized spacial score (nSPS) is 13.7. The summed E-state index contributed by atoms with van der Waals surface area (Å²) in [7, 11) is -3.00. The Labute approximate surface area is 178 Å². The minimum atomic E-state index is -3.00. The lowest BCUT2D eigenvalue weighted by molar-refractivity contribution is 0.589. The first-order valence-corrected chi connectivity index (χ1v) is 12.1. The Balaban J connectivity index is 1.88. The molecule has 0 aromatic heterocycles. The van der Waals surface area contributed by atoms with Gasteiger partial charge in [-0.2, -0.15) is 0 Å². The van der Waals surface area contributed by atoms with Gasteiger partial charge in [-0.3, -0.25) is 0 Å². The molecule has 0 unspecified atom stereocenters. The number of hydrogen-bond acceptors (Lipinski definition) is 1. The van der Waals surface area contributed by atoms with E-state index in [-0.39, 0.29) is 0 Å². The molecule has 1 aliphatic carbocycles. The van der Waals surface area contributed by atoms with Crippen molar-refractivity contribution in [2.24, 2.45) is 0 Å². The zero-order chi connectivity index (χ0) is 20.4. The average molecular weight is 406 g/mol. The van der Waals surface area contributed by atoms with E-state index >= 15 is 4.57 Å². The van der Waals surface area contributed by atoms with Crippen LogP contribution in [0.5, 0.6) is 0 Å². The van der Waals surface area contributed by atoms with Gasteiger partial charge < -0.3 is 4.57 Å². The largest absolute Gasteiger partial charge is 0.309 e. The van der Waals surface area contributed by atoms with E-state index in [0.29, 0.717) is 0 Å². The highest BCUT2D eigenvalue weighted by atomic mass is 31.2. The first kappa shape index (κ1) is 18.9. The van der Waals surface area contributed by atoms with Crippen LogP contribution in [0.15, 0.2) is 121 Å². The van der Waals surface area contributed by atoms with Gasteiger partial charge in [-0.1, -0.05) is 115 Å². The van der Waals surface area contributed by atoms with Gasteiger partial charge in [0.05, 0.1) is 0 Å². The van der Waals surface area contributed by atoms with Gasteiger partial charge in [-0.25, -0.2) is 0 Å². The second-order valence-corrected chi connectivity index (χ2v) is 10.4. The fraction of sp³-hybridized carbons (Fsp3) is 0.0714. The molecule has 0 radical (unpaired) electrons. The van der Waals surface area contributed by atoms with Crippen LogP contribution >= 0.6 is 7.14 Å². The monoisotopic (exact) mass is 406 g/mol. The molecule has 0 aliphatic heterocycles. The first-order valence-electron chi connectivity index (χ1n) is 10.4. The summed E-state index contributed by atoms with van der Waals surface area (Å²) in [5.41, 5.74) is 4.80. The van der Waals surface area contributed by atoms with Crippen molar-refractivity contribution >= 4 is 23.3 Å². The maximum absolute atomic E-state index is 15.1. The third-order valence-electron chi connectivity index (χ3n) is 5.89. The number of aryl methyl sites for hydroxylation is 1. The van der Waals surface area contributed by atoms with Crippen LogP contribution in [0.1, 0.15) is 23.1 Å². The van der Waals surface area contributed by atoms with Crippen LogP contribution in [0.25, 0.3) is 5.57 Å². The molecular weight excluding hydrogens is 383 g/mol. The average Bonchev–Trinajstić information content (AvgIpc) is 2.84. The minimum Gasteiger partial charge on any atom is -0.309 e. The van der Waals surface area contributed by atoms with E-state index in [0.717, 1.165) is 39.9 Å². The molecular formula is C28H23OP. The predicted molar refractivity (Wildman–Crippen MR) is 127 cm³/mol. The summed E-state index contributed by atoms with van der Waals surface area (Å²) in [6.45, 7) is 0. The second kappa shape index (κ2) is 7.94. The maximum atomic E-state index is 15.1. The molecule has 0 fully saturated rings. The lowest BCUT2D eigenvalue weighted by Gasteiger charge is -2.30. The van der Waals surface area contributed by atoms with E-state index in [1.807, 2.05) is 66.7 Å². The van der Waals surface area contributed by atoms with E-state index in [1.165, 1.54) is 11.1 Å². The van der Waals surface area contributed by atoms with Crippen molar-refractivity contribution in [1.29, 1.82) is 0 Å². The Morgan fingerprint density at radius 2 is 1.03 bits per heavy atom. The Kier molecular flexibility index (Phi) is 4.99. The Morgan fingerprint density at radius 1 is 0.533 bits per heavy atom. The molecule has 4 aromatic rings.